The van der Waals surface area contributed by atoms with Crippen LogP contribution < -0.4 is 0 Å². The predicted octanol–water partition coefficient (Wildman–Crippen LogP) is 2.76. The number of likely N-dealkylation sites (N-methyl/N-ethyl adjacent to an activating group) is 1. The summed E-state index contributed by atoms with van der Waals surface area (Å²) in [6, 6.07) is -0.423. The zero-order valence-corrected chi connectivity index (χ0v) is 20.4. The minimum absolute atomic E-state index is 0.0701. The first-order valence-corrected chi connectivity index (χ1v) is 12.7. The van der Waals surface area contributed by atoms with E-state index < -0.39 is 39.2 Å². The third-order valence-corrected chi connectivity index (χ3v) is 8.08. The molecule has 0 radical (unpaired) electrons. The van der Waals surface area contributed by atoms with Crippen molar-refractivity contribution in [3.8, 4) is 0 Å². The quantitative estimate of drug-likeness (QED) is 0.296. The zero-order valence-electron chi connectivity index (χ0n) is 19.6. The molecule has 3 amide bonds. The molecule has 180 valence electrons. The Morgan fingerprint density at radius 1 is 1.10 bits per heavy atom. The van der Waals surface area contributed by atoms with Crippen molar-refractivity contribution in [3.63, 3.8) is 0 Å². The van der Waals surface area contributed by atoms with E-state index in [1.165, 1.54) is 22.7 Å². The zero-order chi connectivity index (χ0) is 23.8. The van der Waals surface area contributed by atoms with Crippen LogP contribution in [0.3, 0.4) is 0 Å². The summed E-state index contributed by atoms with van der Waals surface area (Å²) in [5.41, 5.74) is -0.939. The number of carboxylic acid groups (broad SMARTS) is 1. The van der Waals surface area contributed by atoms with E-state index in [2.05, 4.69) is 6.92 Å². The molecule has 0 aliphatic carbocycles. The van der Waals surface area contributed by atoms with Gasteiger partial charge < -0.3 is 10.0 Å². The van der Waals surface area contributed by atoms with Gasteiger partial charge in [0, 0.05) is 27.2 Å². The van der Waals surface area contributed by atoms with Crippen molar-refractivity contribution in [1.29, 1.82) is 0 Å². The van der Waals surface area contributed by atoms with Crippen LogP contribution in [0.5, 0.6) is 0 Å². The maximum absolute atomic E-state index is 12.6. The van der Waals surface area contributed by atoms with Crippen LogP contribution in [-0.2, 0) is 19.6 Å². The van der Waals surface area contributed by atoms with Gasteiger partial charge in [0.15, 0.2) is 0 Å². The van der Waals surface area contributed by atoms with Gasteiger partial charge in [0.25, 0.3) is 5.91 Å². The fourth-order valence-corrected chi connectivity index (χ4v) is 5.07. The highest BCUT2D eigenvalue weighted by atomic mass is 32.2. The number of rotatable bonds is 15. The van der Waals surface area contributed by atoms with Crippen LogP contribution in [0.2, 0.25) is 0 Å². The average Bonchev–Trinajstić information content (AvgIpc) is 2.83. The van der Waals surface area contributed by atoms with Crippen LogP contribution in [-0.4, -0.2) is 84.0 Å². The van der Waals surface area contributed by atoms with E-state index in [4.69, 9.17) is 0 Å². The summed E-state index contributed by atoms with van der Waals surface area (Å²) in [5.74, 6) is -3.09. The maximum Gasteiger partial charge on any atom is 0.327 e. The maximum atomic E-state index is 12.6. The number of amides is 3. The molecule has 0 saturated carbocycles. The molecule has 1 rings (SSSR count). The molecule has 1 N–H and O–H groups in total. The van der Waals surface area contributed by atoms with E-state index in [0.29, 0.717) is 6.54 Å². The lowest BCUT2D eigenvalue weighted by atomic mass is 10.0. The Balaban J connectivity index is 2.55. The third-order valence-electron chi connectivity index (χ3n) is 6.12. The predicted molar refractivity (Wildman–Crippen MR) is 119 cm³/mol. The lowest BCUT2D eigenvalue weighted by Gasteiger charge is -2.22. The number of carboxylic acids is 1. The second-order valence-electron chi connectivity index (χ2n) is 8.90. The Morgan fingerprint density at radius 3 is 2.19 bits per heavy atom. The second kappa shape index (κ2) is 11.8. The van der Waals surface area contributed by atoms with Gasteiger partial charge in [-0.25, -0.2) is 17.5 Å². The number of aliphatic carboxylic acids is 1. The summed E-state index contributed by atoms with van der Waals surface area (Å²) in [6.45, 7) is 5.89. The Hall–Kier alpha value is -1.68. The van der Waals surface area contributed by atoms with Crippen LogP contribution in [0.15, 0.2) is 0 Å². The molecule has 1 atom stereocenters. The summed E-state index contributed by atoms with van der Waals surface area (Å²) in [6.07, 6.45) is 6.54. The van der Waals surface area contributed by atoms with Crippen LogP contribution in [0.4, 0.5) is 4.79 Å². The third kappa shape index (κ3) is 7.45. The molecule has 0 bridgehead atoms. The Kier molecular flexibility index (Phi) is 10.4. The van der Waals surface area contributed by atoms with Crippen molar-refractivity contribution in [2.75, 3.05) is 32.9 Å². The molecule has 31 heavy (non-hydrogen) atoms. The summed E-state index contributed by atoms with van der Waals surface area (Å²) in [7, 11) is -0.669. The van der Waals surface area contributed by atoms with E-state index in [0.717, 1.165) is 37.0 Å². The molecule has 1 fully saturated rings. The van der Waals surface area contributed by atoms with Crippen LogP contribution >= 0.6 is 0 Å². The first kappa shape index (κ1) is 27.4. The molecule has 9 nitrogen and oxygen atoms in total. The lowest BCUT2D eigenvalue weighted by molar-refractivity contribution is -0.141. The van der Waals surface area contributed by atoms with Gasteiger partial charge in [-0.1, -0.05) is 39.0 Å². The fraction of sp³-hybridized carbons (Fsp3) is 0.857. The molecule has 0 spiro atoms. The summed E-state index contributed by atoms with van der Waals surface area (Å²) >= 11 is 0. The number of imide groups is 1. The number of hydrogen-bond donors (Lipinski definition) is 1. The SMILES string of the molecule is CCCCCCCCN(C)S(=O)(=O)CC(CCCN1C(=O)N(C)C(C)(C)C1=O)C(=O)O. The van der Waals surface area contributed by atoms with Gasteiger partial charge in [-0.3, -0.25) is 14.5 Å². The number of carbonyl (C=O) groups is 3. The topological polar surface area (TPSA) is 115 Å². The van der Waals surface area contributed by atoms with Gasteiger partial charge in [0.2, 0.25) is 10.0 Å². The highest BCUT2D eigenvalue weighted by Gasteiger charge is 2.48. The molecule has 1 aliphatic rings. The normalized spacial score (nSPS) is 17.6. The molecule has 1 unspecified atom stereocenters. The van der Waals surface area contributed by atoms with Crippen LogP contribution in [0.1, 0.15) is 72.1 Å². The smallest absolute Gasteiger partial charge is 0.327 e. The van der Waals surface area contributed by atoms with E-state index in [1.54, 1.807) is 20.9 Å². The average molecular weight is 462 g/mol. The van der Waals surface area contributed by atoms with Crippen molar-refractivity contribution in [2.45, 2.75) is 77.7 Å². The van der Waals surface area contributed by atoms with E-state index in [-0.39, 0.29) is 25.3 Å². The largest absolute Gasteiger partial charge is 0.481 e. The highest BCUT2D eigenvalue weighted by Crippen LogP contribution is 2.26. The van der Waals surface area contributed by atoms with E-state index in [9.17, 15) is 27.9 Å². The molecule has 0 aromatic heterocycles. The fourth-order valence-electron chi connectivity index (χ4n) is 3.59. The van der Waals surface area contributed by atoms with Crippen molar-refractivity contribution in [3.05, 3.63) is 0 Å². The van der Waals surface area contributed by atoms with E-state index in [1.807, 2.05) is 0 Å². The Labute approximate surface area is 186 Å². The molecule has 0 aromatic rings. The van der Waals surface area contributed by atoms with Gasteiger partial charge >= 0.3 is 12.0 Å². The van der Waals surface area contributed by atoms with Gasteiger partial charge in [0.1, 0.15) is 5.54 Å². The first-order chi connectivity index (χ1) is 14.4. The lowest BCUT2D eigenvalue weighted by Crippen LogP contribution is -2.41. The number of hydrogen-bond acceptors (Lipinski definition) is 5. The van der Waals surface area contributed by atoms with Gasteiger partial charge in [-0.15, -0.1) is 0 Å². The minimum atomic E-state index is -3.70. The molecule has 1 saturated heterocycles. The van der Waals surface area contributed by atoms with Crippen molar-refractivity contribution >= 4 is 27.9 Å². The van der Waals surface area contributed by atoms with Crippen molar-refractivity contribution < 1.29 is 27.9 Å². The van der Waals surface area contributed by atoms with Gasteiger partial charge in [-0.05, 0) is 33.1 Å². The molecule has 1 aliphatic heterocycles. The van der Waals surface area contributed by atoms with Crippen LogP contribution in [0.25, 0.3) is 0 Å². The second-order valence-corrected chi connectivity index (χ2v) is 11.0. The molecular weight excluding hydrogens is 422 g/mol. The Morgan fingerprint density at radius 2 is 1.68 bits per heavy atom. The number of carbonyl (C=O) groups excluding carboxylic acids is 2. The monoisotopic (exact) mass is 461 g/mol. The standard InChI is InChI=1S/C21H39N3O6S/c1-6-7-8-9-10-11-14-22(4)31(29,30)16-17(18(25)26)13-12-15-24-19(27)21(2,3)23(5)20(24)28/h17H,6-16H2,1-5H3,(H,25,26). The van der Waals surface area contributed by atoms with Crippen molar-refractivity contribution in [2.24, 2.45) is 5.92 Å². The molecule has 0 aromatic carbocycles. The number of unbranched alkanes of at least 4 members (excludes halogenated alkanes) is 5. The van der Waals surface area contributed by atoms with Crippen molar-refractivity contribution in [1.82, 2.24) is 14.1 Å². The van der Waals surface area contributed by atoms with Crippen LogP contribution in [0, 0.1) is 5.92 Å². The summed E-state index contributed by atoms with van der Waals surface area (Å²) in [4.78, 5) is 38.8. The highest BCUT2D eigenvalue weighted by molar-refractivity contribution is 7.89. The first-order valence-electron chi connectivity index (χ1n) is 11.1. The van der Waals surface area contributed by atoms with E-state index >= 15 is 0 Å². The molecular formula is C21H39N3O6S. The van der Waals surface area contributed by atoms with Gasteiger partial charge in [0.05, 0.1) is 11.7 Å². The Bertz CT molecular complexity index is 737. The molecule has 1 heterocycles. The number of nitrogens with zero attached hydrogens (tertiary/aromatic N) is 3. The minimum Gasteiger partial charge on any atom is -0.481 e. The number of urea groups is 1. The van der Waals surface area contributed by atoms with Gasteiger partial charge in [-0.2, -0.15) is 0 Å². The summed E-state index contributed by atoms with van der Waals surface area (Å²) in [5, 5.41) is 9.50. The number of sulfonamides is 1. The summed E-state index contributed by atoms with van der Waals surface area (Å²) < 4.78 is 26.4. The molecule has 10 heteroatoms.